The molecular weight excluding hydrogens is 374 g/mol. The second-order valence-corrected chi connectivity index (χ2v) is 8.46. The van der Waals surface area contributed by atoms with E-state index in [1.54, 1.807) is 0 Å². The van der Waals surface area contributed by atoms with Crippen LogP contribution in [0.4, 0.5) is 8.78 Å². The molecule has 1 saturated carbocycles. The lowest BCUT2D eigenvalue weighted by Crippen LogP contribution is -2.13. The van der Waals surface area contributed by atoms with Crippen molar-refractivity contribution in [1.29, 1.82) is 0 Å². The first-order chi connectivity index (χ1) is 13.5. The summed E-state index contributed by atoms with van der Waals surface area (Å²) in [6, 6.07) is 15.2. The van der Waals surface area contributed by atoms with E-state index in [9.17, 15) is 8.78 Å². The molecule has 0 N–H and O–H groups in total. The van der Waals surface area contributed by atoms with Crippen LogP contribution in [-0.2, 0) is 0 Å². The lowest BCUT2D eigenvalue weighted by Gasteiger charge is -2.28. The van der Waals surface area contributed by atoms with Crippen molar-refractivity contribution in [2.45, 2.75) is 51.4 Å². The Morgan fingerprint density at radius 2 is 1.46 bits per heavy atom. The van der Waals surface area contributed by atoms with Crippen LogP contribution in [0.2, 0.25) is 5.02 Å². The van der Waals surface area contributed by atoms with Crippen molar-refractivity contribution in [3.05, 3.63) is 70.8 Å². The maximum absolute atomic E-state index is 13.8. The SMILES string of the molecule is CCCC1CCC(c2ccc3cc(-c4cc(F)c(Cl)c(F)c4)ccc3c2)CC1. The second kappa shape index (κ2) is 8.21. The molecule has 1 fully saturated rings. The van der Waals surface area contributed by atoms with Crippen molar-refractivity contribution in [3.8, 4) is 11.1 Å². The first kappa shape index (κ1) is 19.4. The maximum Gasteiger partial charge on any atom is 0.145 e. The van der Waals surface area contributed by atoms with Crippen LogP contribution in [0.3, 0.4) is 0 Å². The van der Waals surface area contributed by atoms with Gasteiger partial charge >= 0.3 is 0 Å². The fourth-order valence-electron chi connectivity index (χ4n) is 4.61. The average molecular weight is 399 g/mol. The Labute approximate surface area is 170 Å². The third-order valence-electron chi connectivity index (χ3n) is 6.20. The van der Waals surface area contributed by atoms with Gasteiger partial charge in [-0.25, -0.2) is 8.78 Å². The van der Waals surface area contributed by atoms with Crippen LogP contribution < -0.4 is 0 Å². The number of hydrogen-bond acceptors (Lipinski definition) is 0. The Hall–Kier alpha value is -1.93. The fourth-order valence-corrected chi connectivity index (χ4v) is 4.72. The van der Waals surface area contributed by atoms with Crippen molar-refractivity contribution >= 4 is 22.4 Å². The van der Waals surface area contributed by atoms with Crippen molar-refractivity contribution < 1.29 is 8.78 Å². The molecule has 1 aliphatic rings. The smallest absolute Gasteiger partial charge is 0.145 e. The van der Waals surface area contributed by atoms with Gasteiger partial charge in [0.05, 0.1) is 0 Å². The average Bonchev–Trinajstić information content (AvgIpc) is 2.71. The molecule has 0 bridgehead atoms. The second-order valence-electron chi connectivity index (χ2n) is 8.08. The minimum absolute atomic E-state index is 0.456. The molecule has 0 heterocycles. The summed E-state index contributed by atoms with van der Waals surface area (Å²) in [5.74, 6) is 0.0950. The molecule has 4 rings (SSSR count). The number of fused-ring (bicyclic) bond motifs is 1. The van der Waals surface area contributed by atoms with E-state index in [1.807, 2.05) is 18.2 Å². The van der Waals surface area contributed by atoms with Gasteiger partial charge in [0.1, 0.15) is 16.7 Å². The monoisotopic (exact) mass is 398 g/mol. The van der Waals surface area contributed by atoms with Gasteiger partial charge in [-0.05, 0) is 83.2 Å². The molecule has 0 saturated heterocycles. The third-order valence-corrected chi connectivity index (χ3v) is 6.56. The lowest BCUT2D eigenvalue weighted by atomic mass is 9.77. The molecule has 0 aromatic heterocycles. The van der Waals surface area contributed by atoms with Crippen LogP contribution in [0.15, 0.2) is 48.5 Å². The molecule has 3 aromatic carbocycles. The number of hydrogen-bond donors (Lipinski definition) is 0. The van der Waals surface area contributed by atoms with Gasteiger partial charge in [-0.15, -0.1) is 0 Å². The summed E-state index contributed by atoms with van der Waals surface area (Å²) in [5, 5.41) is 1.80. The third kappa shape index (κ3) is 3.93. The summed E-state index contributed by atoms with van der Waals surface area (Å²) >= 11 is 5.60. The van der Waals surface area contributed by atoms with E-state index in [-0.39, 0.29) is 0 Å². The van der Waals surface area contributed by atoms with Crippen molar-refractivity contribution in [3.63, 3.8) is 0 Å². The first-order valence-corrected chi connectivity index (χ1v) is 10.6. The van der Waals surface area contributed by atoms with Crippen molar-refractivity contribution in [2.75, 3.05) is 0 Å². The molecule has 0 radical (unpaired) electrons. The molecular formula is C25H25ClF2. The van der Waals surface area contributed by atoms with E-state index in [2.05, 4.69) is 25.1 Å². The Morgan fingerprint density at radius 3 is 2.14 bits per heavy atom. The van der Waals surface area contributed by atoms with Gasteiger partial charge < -0.3 is 0 Å². The van der Waals surface area contributed by atoms with E-state index in [4.69, 9.17) is 11.6 Å². The molecule has 28 heavy (non-hydrogen) atoms. The molecule has 0 nitrogen and oxygen atoms in total. The molecule has 0 unspecified atom stereocenters. The van der Waals surface area contributed by atoms with Crippen LogP contribution in [0.25, 0.3) is 21.9 Å². The molecule has 3 heteroatoms. The van der Waals surface area contributed by atoms with Gasteiger partial charge in [-0.2, -0.15) is 0 Å². The van der Waals surface area contributed by atoms with Gasteiger partial charge in [0.2, 0.25) is 0 Å². The van der Waals surface area contributed by atoms with E-state index in [0.717, 1.165) is 16.9 Å². The van der Waals surface area contributed by atoms with E-state index in [0.29, 0.717) is 11.5 Å². The summed E-state index contributed by atoms with van der Waals surface area (Å²) in [6.07, 6.45) is 7.87. The standard InChI is InChI=1S/C25H25ClF2/c1-2-3-16-4-6-17(7-5-16)18-8-9-20-13-21(11-10-19(20)12-18)22-14-23(27)25(26)24(28)15-22/h8-17H,2-7H2,1H3. The summed E-state index contributed by atoms with van der Waals surface area (Å²) in [4.78, 5) is 0. The van der Waals surface area contributed by atoms with Crippen molar-refractivity contribution in [1.82, 2.24) is 0 Å². The highest BCUT2D eigenvalue weighted by Gasteiger charge is 2.22. The van der Waals surface area contributed by atoms with Gasteiger partial charge in [-0.1, -0.05) is 61.7 Å². The molecule has 3 aromatic rings. The molecule has 1 aliphatic carbocycles. The Balaban J connectivity index is 1.58. The van der Waals surface area contributed by atoms with Crippen LogP contribution in [0, 0.1) is 17.6 Å². The first-order valence-electron chi connectivity index (χ1n) is 10.2. The van der Waals surface area contributed by atoms with Crippen molar-refractivity contribution in [2.24, 2.45) is 5.92 Å². The molecule has 0 aliphatic heterocycles. The molecule has 146 valence electrons. The fraction of sp³-hybridized carbons (Fsp3) is 0.360. The minimum Gasteiger partial charge on any atom is -0.205 e. The van der Waals surface area contributed by atoms with Gasteiger partial charge in [0, 0.05) is 0 Å². The van der Waals surface area contributed by atoms with E-state index < -0.39 is 16.7 Å². The predicted molar refractivity (Wildman–Crippen MR) is 114 cm³/mol. The predicted octanol–water partition coefficient (Wildman–Crippen LogP) is 8.51. The molecule has 0 spiro atoms. The Bertz CT molecular complexity index is 964. The van der Waals surface area contributed by atoms with Gasteiger partial charge in [0.15, 0.2) is 0 Å². The van der Waals surface area contributed by atoms with E-state index >= 15 is 0 Å². The largest absolute Gasteiger partial charge is 0.205 e. The summed E-state index contributed by atoms with van der Waals surface area (Å²) in [5.41, 5.74) is 2.70. The zero-order chi connectivity index (χ0) is 19.7. The Kier molecular flexibility index (Phi) is 5.68. The normalized spacial score (nSPS) is 19.9. The van der Waals surface area contributed by atoms with E-state index in [1.165, 1.54) is 61.6 Å². The van der Waals surface area contributed by atoms with Crippen LogP contribution in [-0.4, -0.2) is 0 Å². The highest BCUT2D eigenvalue weighted by molar-refractivity contribution is 6.31. The summed E-state index contributed by atoms with van der Waals surface area (Å²) in [7, 11) is 0. The minimum atomic E-state index is -0.731. The maximum atomic E-state index is 13.8. The highest BCUT2D eigenvalue weighted by Crippen LogP contribution is 2.38. The summed E-state index contributed by atoms with van der Waals surface area (Å²) in [6.45, 7) is 2.27. The quantitative estimate of drug-likeness (QED) is 0.386. The van der Waals surface area contributed by atoms with Crippen LogP contribution in [0.1, 0.15) is 56.9 Å². The number of benzene rings is 3. The van der Waals surface area contributed by atoms with Gasteiger partial charge in [-0.3, -0.25) is 0 Å². The zero-order valence-corrected chi connectivity index (χ0v) is 16.9. The summed E-state index contributed by atoms with van der Waals surface area (Å²) < 4.78 is 27.6. The molecule has 0 amide bonds. The van der Waals surface area contributed by atoms with Gasteiger partial charge in [0.25, 0.3) is 0 Å². The topological polar surface area (TPSA) is 0 Å². The zero-order valence-electron chi connectivity index (χ0n) is 16.2. The Morgan fingerprint density at radius 1 is 0.821 bits per heavy atom. The number of rotatable bonds is 4. The highest BCUT2D eigenvalue weighted by atomic mass is 35.5. The van der Waals surface area contributed by atoms with Crippen LogP contribution >= 0.6 is 11.6 Å². The number of halogens is 3. The van der Waals surface area contributed by atoms with Crippen LogP contribution in [0.5, 0.6) is 0 Å². The molecule has 0 atom stereocenters. The lowest BCUT2D eigenvalue weighted by molar-refractivity contribution is 0.308.